The summed E-state index contributed by atoms with van der Waals surface area (Å²) in [5, 5.41) is 10.6. The van der Waals surface area contributed by atoms with Crippen molar-refractivity contribution in [3.63, 3.8) is 0 Å². The zero-order chi connectivity index (χ0) is 22.8. The van der Waals surface area contributed by atoms with E-state index in [1.807, 2.05) is 30.3 Å². The van der Waals surface area contributed by atoms with Crippen molar-refractivity contribution in [1.82, 2.24) is 15.0 Å². The van der Waals surface area contributed by atoms with Crippen molar-refractivity contribution in [2.45, 2.75) is 19.6 Å². The van der Waals surface area contributed by atoms with E-state index in [4.69, 9.17) is 29.2 Å². The number of pyridine rings is 1. The van der Waals surface area contributed by atoms with Gasteiger partial charge in [0.1, 0.15) is 11.6 Å². The van der Waals surface area contributed by atoms with Crippen LogP contribution in [0.15, 0.2) is 30.3 Å². The van der Waals surface area contributed by atoms with Crippen LogP contribution in [0.4, 0.5) is 11.8 Å². The summed E-state index contributed by atoms with van der Waals surface area (Å²) in [4.78, 5) is 19.2. The van der Waals surface area contributed by atoms with Gasteiger partial charge in [-0.15, -0.1) is 0 Å². The van der Waals surface area contributed by atoms with E-state index in [2.05, 4.69) is 16.7 Å². The van der Waals surface area contributed by atoms with Gasteiger partial charge in [0.2, 0.25) is 5.95 Å². The quantitative estimate of drug-likeness (QED) is 0.627. The first kappa shape index (κ1) is 21.8. The fourth-order valence-corrected chi connectivity index (χ4v) is 4.37. The summed E-state index contributed by atoms with van der Waals surface area (Å²) in [7, 11) is 1.60. The van der Waals surface area contributed by atoms with E-state index in [1.165, 1.54) is 0 Å². The zero-order valence-corrected chi connectivity index (χ0v) is 19.0. The summed E-state index contributed by atoms with van der Waals surface area (Å²) in [5.41, 5.74) is 3.05. The van der Waals surface area contributed by atoms with Gasteiger partial charge in [-0.05, 0) is 37.3 Å². The summed E-state index contributed by atoms with van der Waals surface area (Å²) in [5.74, 6) is 2.22. The van der Waals surface area contributed by atoms with Crippen LogP contribution in [0.25, 0.3) is 22.3 Å². The number of benzene rings is 1. The van der Waals surface area contributed by atoms with E-state index in [9.17, 15) is 5.11 Å². The number of nitrogens with zero attached hydrogens (tertiary/aromatic N) is 5. The van der Waals surface area contributed by atoms with E-state index in [1.54, 1.807) is 7.11 Å². The number of aliphatic hydroxyl groups excluding tert-OH is 1. The van der Waals surface area contributed by atoms with Crippen LogP contribution in [-0.4, -0.2) is 79.3 Å². The fourth-order valence-electron chi connectivity index (χ4n) is 4.37. The molecule has 9 nitrogen and oxygen atoms in total. The Morgan fingerprint density at radius 1 is 1.03 bits per heavy atom. The molecule has 9 heteroatoms. The van der Waals surface area contributed by atoms with Gasteiger partial charge in [0.15, 0.2) is 5.65 Å². The van der Waals surface area contributed by atoms with Crippen molar-refractivity contribution in [3.05, 3.63) is 35.9 Å². The maximum absolute atomic E-state index is 9.73. The smallest absolute Gasteiger partial charge is 0.229 e. The van der Waals surface area contributed by atoms with Gasteiger partial charge in [-0.1, -0.05) is 0 Å². The van der Waals surface area contributed by atoms with Crippen molar-refractivity contribution < 1.29 is 19.3 Å². The van der Waals surface area contributed by atoms with E-state index in [0.717, 1.165) is 47.7 Å². The van der Waals surface area contributed by atoms with Crippen molar-refractivity contribution in [2.75, 3.05) is 63.0 Å². The summed E-state index contributed by atoms with van der Waals surface area (Å²) >= 11 is 0. The maximum Gasteiger partial charge on any atom is 0.229 e. The molecule has 2 saturated heterocycles. The molecule has 0 radical (unpaired) electrons. The van der Waals surface area contributed by atoms with Gasteiger partial charge in [0.05, 0.1) is 57.3 Å². The number of ether oxygens (including phenoxy) is 3. The third kappa shape index (κ3) is 4.31. The Balaban J connectivity index is 1.62. The van der Waals surface area contributed by atoms with E-state index in [-0.39, 0.29) is 12.6 Å². The number of rotatable bonds is 5. The summed E-state index contributed by atoms with van der Waals surface area (Å²) in [6.45, 7) is 6.99. The van der Waals surface area contributed by atoms with Crippen LogP contribution in [0.5, 0.6) is 5.75 Å². The highest BCUT2D eigenvalue weighted by Crippen LogP contribution is 2.31. The molecule has 2 fully saturated rings. The number of hydrogen-bond acceptors (Lipinski definition) is 9. The molecular weight excluding hydrogens is 422 g/mol. The number of morpholine rings is 2. The Kier molecular flexibility index (Phi) is 6.26. The Labute approximate surface area is 192 Å². The third-order valence-electron chi connectivity index (χ3n) is 6.21. The van der Waals surface area contributed by atoms with E-state index in [0.29, 0.717) is 43.8 Å². The van der Waals surface area contributed by atoms with Crippen molar-refractivity contribution >= 4 is 22.8 Å². The largest absolute Gasteiger partial charge is 0.496 e. The van der Waals surface area contributed by atoms with Gasteiger partial charge in [0.25, 0.3) is 0 Å². The molecule has 0 amide bonds. The van der Waals surface area contributed by atoms with Gasteiger partial charge in [-0.2, -0.15) is 9.97 Å². The monoisotopic (exact) mass is 451 g/mol. The first-order valence-corrected chi connectivity index (χ1v) is 11.3. The zero-order valence-electron chi connectivity index (χ0n) is 19.0. The maximum atomic E-state index is 9.73. The molecule has 2 aliphatic rings. The van der Waals surface area contributed by atoms with Crippen LogP contribution < -0.4 is 14.5 Å². The molecule has 0 unspecified atom stereocenters. The van der Waals surface area contributed by atoms with Crippen LogP contribution in [0.2, 0.25) is 0 Å². The minimum atomic E-state index is -0.104. The molecule has 0 aliphatic carbocycles. The molecular formula is C24H29N5O4. The number of aliphatic hydroxyl groups is 1. The van der Waals surface area contributed by atoms with E-state index < -0.39 is 0 Å². The van der Waals surface area contributed by atoms with Crippen LogP contribution in [0.1, 0.15) is 12.5 Å². The molecule has 2 aromatic heterocycles. The summed E-state index contributed by atoms with van der Waals surface area (Å²) in [6, 6.07) is 9.91. The second-order valence-electron chi connectivity index (χ2n) is 8.32. The Bertz CT molecular complexity index is 1140. The molecule has 1 N–H and O–H groups in total. The number of fused-ring (bicyclic) bond motifs is 1. The summed E-state index contributed by atoms with van der Waals surface area (Å²) < 4.78 is 16.5. The molecule has 174 valence electrons. The third-order valence-corrected chi connectivity index (χ3v) is 6.21. The second kappa shape index (κ2) is 9.46. The average Bonchev–Trinajstić information content (AvgIpc) is 2.88. The van der Waals surface area contributed by atoms with Gasteiger partial charge in [0, 0.05) is 30.8 Å². The van der Waals surface area contributed by atoms with Crippen LogP contribution in [0, 0.1) is 0 Å². The number of hydrogen-bond donors (Lipinski definition) is 1. The Morgan fingerprint density at radius 2 is 1.85 bits per heavy atom. The van der Waals surface area contributed by atoms with Crippen LogP contribution in [0.3, 0.4) is 0 Å². The fraction of sp³-hybridized carbons (Fsp3) is 0.458. The lowest BCUT2D eigenvalue weighted by atomic mass is 10.1. The van der Waals surface area contributed by atoms with E-state index >= 15 is 0 Å². The van der Waals surface area contributed by atoms with Gasteiger partial charge in [-0.25, -0.2) is 4.98 Å². The van der Waals surface area contributed by atoms with Gasteiger partial charge >= 0.3 is 0 Å². The molecule has 4 heterocycles. The highest BCUT2D eigenvalue weighted by atomic mass is 16.5. The Hall–Kier alpha value is -3.01. The molecule has 2 aliphatic heterocycles. The highest BCUT2D eigenvalue weighted by Gasteiger charge is 2.25. The number of aromatic nitrogens is 3. The lowest BCUT2D eigenvalue weighted by Crippen LogP contribution is -2.45. The molecule has 33 heavy (non-hydrogen) atoms. The highest BCUT2D eigenvalue weighted by molar-refractivity contribution is 5.90. The normalized spacial score (nSPS) is 19.2. The standard InChI is InChI=1S/C24H29N5O4/c1-16-15-33-12-9-29(16)24-26-22-19(23(27-24)28-7-10-32-11-8-28)4-5-20(25-22)17-3-6-21(31-2)18(13-17)14-30/h3-6,13,16,30H,7-12,14-15H2,1-2H3/t16-/m1/s1. The molecule has 0 saturated carbocycles. The lowest BCUT2D eigenvalue weighted by molar-refractivity contribution is 0.0981. The minimum Gasteiger partial charge on any atom is -0.496 e. The van der Waals surface area contributed by atoms with Crippen molar-refractivity contribution in [1.29, 1.82) is 0 Å². The molecule has 1 atom stereocenters. The molecule has 0 bridgehead atoms. The summed E-state index contributed by atoms with van der Waals surface area (Å²) in [6.07, 6.45) is 0. The van der Waals surface area contributed by atoms with Crippen LogP contribution >= 0.6 is 0 Å². The topological polar surface area (TPSA) is 93.1 Å². The SMILES string of the molecule is COc1ccc(-c2ccc3c(N4CCOCC4)nc(N4CCOC[C@H]4C)nc3n2)cc1CO. The van der Waals surface area contributed by atoms with Gasteiger partial charge in [-0.3, -0.25) is 0 Å². The minimum absolute atomic E-state index is 0.104. The van der Waals surface area contributed by atoms with Gasteiger partial charge < -0.3 is 29.1 Å². The van der Waals surface area contributed by atoms with Crippen molar-refractivity contribution in [3.8, 4) is 17.0 Å². The Morgan fingerprint density at radius 3 is 2.61 bits per heavy atom. The molecule has 1 aromatic carbocycles. The molecule has 5 rings (SSSR count). The molecule has 0 spiro atoms. The predicted molar refractivity (Wildman–Crippen MR) is 126 cm³/mol. The predicted octanol–water partition coefficient (Wildman–Crippen LogP) is 2.25. The lowest BCUT2D eigenvalue weighted by Gasteiger charge is -2.34. The van der Waals surface area contributed by atoms with Crippen molar-refractivity contribution in [2.24, 2.45) is 0 Å². The first-order chi connectivity index (χ1) is 16.2. The second-order valence-corrected chi connectivity index (χ2v) is 8.32. The molecule has 3 aromatic rings. The van der Waals surface area contributed by atoms with Crippen LogP contribution in [-0.2, 0) is 16.1 Å². The number of anilines is 2. The average molecular weight is 452 g/mol. The first-order valence-electron chi connectivity index (χ1n) is 11.3. The number of methoxy groups -OCH3 is 1.